The second kappa shape index (κ2) is 4.78. The van der Waals surface area contributed by atoms with Crippen molar-refractivity contribution >= 4 is 17.6 Å². The van der Waals surface area contributed by atoms with Crippen LogP contribution < -0.4 is 11.3 Å². The lowest BCUT2D eigenvalue weighted by Gasteiger charge is -2.06. The summed E-state index contributed by atoms with van der Waals surface area (Å²) in [6.07, 6.45) is 2.31. The molecule has 0 radical (unpaired) electrons. The first-order valence-electron chi connectivity index (χ1n) is 6.07. The van der Waals surface area contributed by atoms with Crippen LogP contribution in [0, 0.1) is 6.92 Å². The Kier molecular flexibility index (Phi) is 3.11. The first-order valence-corrected chi connectivity index (χ1v) is 6.88. The van der Waals surface area contributed by atoms with Crippen molar-refractivity contribution in [2.24, 2.45) is 12.9 Å². The molecule has 0 unspecified atom stereocenters. The SMILES string of the molecule is Cc1nnc(Sc2cc(NN)nc(C3CC3)n2)n1C. The predicted octanol–water partition coefficient (Wildman–Crippen LogP) is 1.23. The number of nitrogens with zero attached hydrogens (tertiary/aromatic N) is 5. The summed E-state index contributed by atoms with van der Waals surface area (Å²) in [6.45, 7) is 1.92. The number of anilines is 1. The van der Waals surface area contributed by atoms with Crippen LogP contribution in [0.2, 0.25) is 0 Å². The van der Waals surface area contributed by atoms with Gasteiger partial charge in [-0.15, -0.1) is 10.2 Å². The number of hydrazine groups is 1. The molecule has 0 atom stereocenters. The number of nitrogen functional groups attached to an aromatic ring is 1. The van der Waals surface area contributed by atoms with E-state index < -0.39 is 0 Å². The molecule has 0 bridgehead atoms. The quantitative estimate of drug-likeness (QED) is 0.493. The molecule has 1 fully saturated rings. The number of aryl methyl sites for hydroxylation is 1. The van der Waals surface area contributed by atoms with Crippen molar-refractivity contribution in [3.05, 3.63) is 17.7 Å². The molecule has 19 heavy (non-hydrogen) atoms. The van der Waals surface area contributed by atoms with Crippen molar-refractivity contribution in [2.75, 3.05) is 5.43 Å². The van der Waals surface area contributed by atoms with Crippen molar-refractivity contribution in [1.29, 1.82) is 0 Å². The Morgan fingerprint density at radius 2 is 2.16 bits per heavy atom. The molecule has 0 saturated heterocycles. The molecule has 3 N–H and O–H groups in total. The Bertz CT molecular complexity index is 605. The molecule has 0 spiro atoms. The zero-order valence-corrected chi connectivity index (χ0v) is 11.6. The smallest absolute Gasteiger partial charge is 0.197 e. The molecule has 0 amide bonds. The molecule has 7 nitrogen and oxygen atoms in total. The topological polar surface area (TPSA) is 94.5 Å². The highest BCUT2D eigenvalue weighted by atomic mass is 32.2. The highest BCUT2D eigenvalue weighted by Crippen LogP contribution is 2.39. The van der Waals surface area contributed by atoms with E-state index in [0.29, 0.717) is 11.7 Å². The molecule has 100 valence electrons. The lowest BCUT2D eigenvalue weighted by molar-refractivity contribution is 0.763. The lowest BCUT2D eigenvalue weighted by Crippen LogP contribution is -2.10. The summed E-state index contributed by atoms with van der Waals surface area (Å²) in [5.41, 5.74) is 2.59. The third kappa shape index (κ3) is 2.54. The van der Waals surface area contributed by atoms with Crippen molar-refractivity contribution in [3.8, 4) is 0 Å². The minimum atomic E-state index is 0.480. The Morgan fingerprint density at radius 1 is 1.37 bits per heavy atom. The Labute approximate surface area is 115 Å². The molecule has 2 aromatic rings. The number of hydrogen-bond acceptors (Lipinski definition) is 7. The number of nitrogens with two attached hydrogens (primary N) is 1. The average molecular weight is 277 g/mol. The van der Waals surface area contributed by atoms with Gasteiger partial charge < -0.3 is 9.99 Å². The zero-order chi connectivity index (χ0) is 13.4. The van der Waals surface area contributed by atoms with E-state index in [0.717, 1.165) is 34.7 Å². The Morgan fingerprint density at radius 3 is 2.74 bits per heavy atom. The van der Waals surface area contributed by atoms with Gasteiger partial charge in [0, 0.05) is 19.0 Å². The molecule has 0 aromatic carbocycles. The Balaban J connectivity index is 1.91. The van der Waals surface area contributed by atoms with Gasteiger partial charge in [-0.25, -0.2) is 15.8 Å². The van der Waals surface area contributed by atoms with Gasteiger partial charge in [0.2, 0.25) is 0 Å². The maximum absolute atomic E-state index is 5.45. The van der Waals surface area contributed by atoms with Gasteiger partial charge in [0.15, 0.2) is 5.16 Å². The fourth-order valence-electron chi connectivity index (χ4n) is 1.66. The van der Waals surface area contributed by atoms with Gasteiger partial charge in [0.1, 0.15) is 22.5 Å². The van der Waals surface area contributed by atoms with Crippen molar-refractivity contribution in [1.82, 2.24) is 24.7 Å². The minimum Gasteiger partial charge on any atom is -0.309 e. The van der Waals surface area contributed by atoms with Crippen LogP contribution in [-0.2, 0) is 7.05 Å². The highest BCUT2D eigenvalue weighted by Gasteiger charge is 2.27. The third-order valence-corrected chi connectivity index (χ3v) is 4.02. The van der Waals surface area contributed by atoms with Gasteiger partial charge in [-0.2, -0.15) is 0 Å². The fourth-order valence-corrected chi connectivity index (χ4v) is 2.51. The summed E-state index contributed by atoms with van der Waals surface area (Å²) in [5.74, 6) is 8.30. The Hall–Kier alpha value is -1.67. The lowest BCUT2D eigenvalue weighted by atomic mass is 10.4. The molecular formula is C11H15N7S. The summed E-state index contributed by atoms with van der Waals surface area (Å²) >= 11 is 1.47. The van der Waals surface area contributed by atoms with Gasteiger partial charge >= 0.3 is 0 Å². The van der Waals surface area contributed by atoms with Gasteiger partial charge in [-0.1, -0.05) is 0 Å². The predicted molar refractivity (Wildman–Crippen MR) is 71.7 cm³/mol. The van der Waals surface area contributed by atoms with E-state index in [1.807, 2.05) is 24.6 Å². The summed E-state index contributed by atoms with van der Waals surface area (Å²) in [6, 6.07) is 1.82. The first kappa shape index (κ1) is 12.4. The highest BCUT2D eigenvalue weighted by molar-refractivity contribution is 7.99. The fraction of sp³-hybridized carbons (Fsp3) is 0.455. The van der Waals surface area contributed by atoms with Crippen LogP contribution in [0.1, 0.15) is 30.4 Å². The molecule has 2 aromatic heterocycles. The number of aromatic nitrogens is 5. The normalized spacial score (nSPS) is 14.7. The molecule has 1 saturated carbocycles. The first-order chi connectivity index (χ1) is 9.17. The van der Waals surface area contributed by atoms with Crippen LogP contribution in [0.4, 0.5) is 5.82 Å². The van der Waals surface area contributed by atoms with E-state index in [2.05, 4.69) is 25.6 Å². The second-order valence-electron chi connectivity index (χ2n) is 4.56. The van der Waals surface area contributed by atoms with E-state index in [1.165, 1.54) is 11.8 Å². The maximum atomic E-state index is 5.45. The average Bonchev–Trinajstić information content (AvgIpc) is 3.22. The van der Waals surface area contributed by atoms with E-state index in [-0.39, 0.29) is 0 Å². The van der Waals surface area contributed by atoms with E-state index >= 15 is 0 Å². The second-order valence-corrected chi connectivity index (χ2v) is 5.55. The van der Waals surface area contributed by atoms with E-state index in [1.54, 1.807) is 0 Å². The van der Waals surface area contributed by atoms with Gasteiger partial charge in [0.05, 0.1) is 0 Å². The van der Waals surface area contributed by atoms with Crippen LogP contribution in [0.3, 0.4) is 0 Å². The van der Waals surface area contributed by atoms with Crippen LogP contribution in [0.15, 0.2) is 16.2 Å². The molecule has 1 aliphatic rings. The van der Waals surface area contributed by atoms with Crippen molar-refractivity contribution in [3.63, 3.8) is 0 Å². The number of nitrogens with one attached hydrogen (secondary N) is 1. The number of rotatable bonds is 4. The zero-order valence-electron chi connectivity index (χ0n) is 10.8. The monoisotopic (exact) mass is 277 g/mol. The van der Waals surface area contributed by atoms with Gasteiger partial charge in [-0.05, 0) is 31.5 Å². The summed E-state index contributed by atoms with van der Waals surface area (Å²) in [7, 11) is 1.93. The van der Waals surface area contributed by atoms with E-state index in [9.17, 15) is 0 Å². The largest absolute Gasteiger partial charge is 0.309 e. The third-order valence-electron chi connectivity index (χ3n) is 3.06. The molecule has 0 aliphatic heterocycles. The molecular weight excluding hydrogens is 262 g/mol. The van der Waals surface area contributed by atoms with Crippen LogP contribution >= 0.6 is 11.8 Å². The molecule has 2 heterocycles. The number of hydrogen-bond donors (Lipinski definition) is 2. The van der Waals surface area contributed by atoms with Crippen molar-refractivity contribution in [2.45, 2.75) is 35.9 Å². The van der Waals surface area contributed by atoms with Gasteiger partial charge in [-0.3, -0.25) is 0 Å². The summed E-state index contributed by atoms with van der Waals surface area (Å²) in [4.78, 5) is 8.94. The van der Waals surface area contributed by atoms with Crippen molar-refractivity contribution < 1.29 is 0 Å². The minimum absolute atomic E-state index is 0.480. The molecule has 3 rings (SSSR count). The maximum Gasteiger partial charge on any atom is 0.197 e. The van der Waals surface area contributed by atoms with E-state index in [4.69, 9.17) is 5.84 Å². The van der Waals surface area contributed by atoms with Crippen LogP contribution in [-0.4, -0.2) is 24.7 Å². The molecule has 1 aliphatic carbocycles. The van der Waals surface area contributed by atoms with Crippen LogP contribution in [0.25, 0.3) is 0 Å². The van der Waals surface area contributed by atoms with Crippen LogP contribution in [0.5, 0.6) is 0 Å². The summed E-state index contributed by atoms with van der Waals surface area (Å²) < 4.78 is 1.93. The standard InChI is InChI=1S/C11H15N7S/c1-6-16-17-11(18(6)2)19-9-5-8(15-12)13-10(14-9)7-3-4-7/h5,7H,3-4,12H2,1-2H3,(H,13,14,15). The summed E-state index contributed by atoms with van der Waals surface area (Å²) in [5, 5.41) is 9.79. The molecule has 8 heteroatoms. The van der Waals surface area contributed by atoms with Gasteiger partial charge in [0.25, 0.3) is 0 Å².